The van der Waals surface area contributed by atoms with Crippen LogP contribution in [0, 0.1) is 6.92 Å². The molecule has 0 saturated carbocycles. The normalized spacial score (nSPS) is 12.0. The van der Waals surface area contributed by atoms with Crippen molar-refractivity contribution < 1.29 is 18.5 Å². The van der Waals surface area contributed by atoms with Crippen LogP contribution in [0.15, 0.2) is 44.5 Å². The first-order valence-corrected chi connectivity index (χ1v) is 8.77. The van der Waals surface area contributed by atoms with Crippen molar-refractivity contribution >= 4 is 23.6 Å². The van der Waals surface area contributed by atoms with Crippen molar-refractivity contribution in [3.8, 4) is 5.75 Å². The number of anilines is 1. The zero-order valence-electron chi connectivity index (χ0n) is 14.6. The van der Waals surface area contributed by atoms with E-state index in [1.165, 1.54) is 11.8 Å². The average Bonchev–Trinajstić information content (AvgIpc) is 3.24. The molecule has 0 saturated heterocycles. The summed E-state index contributed by atoms with van der Waals surface area (Å²) in [4.78, 5) is 12.2. The highest BCUT2D eigenvalue weighted by Crippen LogP contribution is 2.24. The summed E-state index contributed by atoms with van der Waals surface area (Å²) in [5, 5.41) is 14.3. The number of aromatic nitrogens is 3. The molecule has 2 aromatic heterocycles. The van der Waals surface area contributed by atoms with E-state index >= 15 is 0 Å². The third-order valence-corrected chi connectivity index (χ3v) is 4.42. The van der Waals surface area contributed by atoms with Gasteiger partial charge in [0.2, 0.25) is 17.7 Å². The van der Waals surface area contributed by atoms with Crippen LogP contribution in [-0.2, 0) is 11.2 Å². The number of benzene rings is 1. The number of aryl methyl sites for hydroxylation is 1. The predicted octanol–water partition coefficient (Wildman–Crippen LogP) is 3.08. The second kappa shape index (κ2) is 8.05. The maximum Gasteiger partial charge on any atom is 0.277 e. The summed E-state index contributed by atoms with van der Waals surface area (Å²) in [7, 11) is 1.62. The molecule has 0 aliphatic heterocycles. The van der Waals surface area contributed by atoms with Gasteiger partial charge in [-0.2, -0.15) is 0 Å². The Balaban J connectivity index is 1.55. The molecule has 1 amide bonds. The Morgan fingerprint density at radius 2 is 2.08 bits per heavy atom. The number of rotatable bonds is 7. The maximum atomic E-state index is 12.2. The van der Waals surface area contributed by atoms with Gasteiger partial charge in [0, 0.05) is 6.07 Å². The van der Waals surface area contributed by atoms with E-state index in [2.05, 4.69) is 20.7 Å². The number of nitrogens with one attached hydrogen (secondary N) is 1. The number of hydrogen-bond acceptors (Lipinski definition) is 8. The molecule has 136 valence electrons. The lowest BCUT2D eigenvalue weighted by Crippen LogP contribution is -2.22. The first kappa shape index (κ1) is 18.0. The first-order valence-electron chi connectivity index (χ1n) is 7.89. The van der Waals surface area contributed by atoms with Crippen molar-refractivity contribution in [2.24, 2.45) is 0 Å². The van der Waals surface area contributed by atoms with Gasteiger partial charge in [0.25, 0.3) is 5.22 Å². The van der Waals surface area contributed by atoms with E-state index < -0.39 is 5.25 Å². The molecule has 26 heavy (non-hydrogen) atoms. The fraction of sp³-hybridized carbons (Fsp3) is 0.294. The Hall–Kier alpha value is -2.81. The third kappa shape index (κ3) is 4.63. The lowest BCUT2D eigenvalue weighted by Gasteiger charge is -2.06. The summed E-state index contributed by atoms with van der Waals surface area (Å²) in [6, 6.07) is 9.27. The summed E-state index contributed by atoms with van der Waals surface area (Å²) in [6.45, 7) is 3.52. The summed E-state index contributed by atoms with van der Waals surface area (Å²) in [5.41, 5.74) is 1.72. The molecule has 3 rings (SSSR count). The highest BCUT2D eigenvalue weighted by Gasteiger charge is 2.19. The molecule has 1 N–H and O–H groups in total. The summed E-state index contributed by atoms with van der Waals surface area (Å²) in [5.74, 6) is 1.35. The van der Waals surface area contributed by atoms with Gasteiger partial charge < -0.3 is 13.7 Å². The van der Waals surface area contributed by atoms with Gasteiger partial charge in [-0.3, -0.25) is 10.1 Å². The minimum Gasteiger partial charge on any atom is -0.497 e. The standard InChI is InChI=1S/C17H18N4O4S/c1-10-8-14(25-21-10)18-16(22)11(2)26-17-20-19-15(24-17)9-12-4-6-13(23-3)7-5-12/h4-8,11H,9H2,1-3H3,(H,18,22). The summed E-state index contributed by atoms with van der Waals surface area (Å²) >= 11 is 1.18. The molecule has 2 heterocycles. The van der Waals surface area contributed by atoms with E-state index in [1.54, 1.807) is 27.0 Å². The smallest absolute Gasteiger partial charge is 0.277 e. The van der Waals surface area contributed by atoms with Crippen LogP contribution in [0.25, 0.3) is 0 Å². The minimum atomic E-state index is -0.435. The average molecular weight is 374 g/mol. The van der Waals surface area contributed by atoms with E-state index in [4.69, 9.17) is 13.7 Å². The monoisotopic (exact) mass is 374 g/mol. The number of thioether (sulfide) groups is 1. The van der Waals surface area contributed by atoms with E-state index in [-0.39, 0.29) is 5.91 Å². The highest BCUT2D eigenvalue weighted by molar-refractivity contribution is 8.00. The van der Waals surface area contributed by atoms with Crippen LogP contribution in [0.3, 0.4) is 0 Å². The Kier molecular flexibility index (Phi) is 5.57. The molecule has 1 aromatic carbocycles. The van der Waals surface area contributed by atoms with Gasteiger partial charge in [-0.15, -0.1) is 10.2 Å². The van der Waals surface area contributed by atoms with Gasteiger partial charge in [0.05, 0.1) is 24.5 Å². The van der Waals surface area contributed by atoms with Gasteiger partial charge >= 0.3 is 0 Å². The number of hydrogen-bond donors (Lipinski definition) is 1. The molecular weight excluding hydrogens is 356 g/mol. The van der Waals surface area contributed by atoms with Crippen LogP contribution in [-0.4, -0.2) is 33.6 Å². The molecule has 9 heteroatoms. The fourth-order valence-corrected chi connectivity index (χ4v) is 2.83. The highest BCUT2D eigenvalue weighted by atomic mass is 32.2. The molecule has 0 aliphatic rings. The molecule has 1 unspecified atom stereocenters. The number of methoxy groups -OCH3 is 1. The van der Waals surface area contributed by atoms with Crippen molar-refractivity contribution in [1.29, 1.82) is 0 Å². The van der Waals surface area contributed by atoms with Crippen molar-refractivity contribution in [3.63, 3.8) is 0 Å². The van der Waals surface area contributed by atoms with Crippen LogP contribution < -0.4 is 10.1 Å². The van der Waals surface area contributed by atoms with Crippen LogP contribution >= 0.6 is 11.8 Å². The first-order chi connectivity index (χ1) is 12.5. The molecule has 0 bridgehead atoms. The molecule has 0 spiro atoms. The van der Waals surface area contributed by atoms with Crippen LogP contribution in [0.4, 0.5) is 5.88 Å². The summed E-state index contributed by atoms with van der Waals surface area (Å²) < 4.78 is 15.7. The molecule has 0 fully saturated rings. The SMILES string of the molecule is COc1ccc(Cc2nnc(SC(C)C(=O)Nc3cc(C)no3)o2)cc1. The maximum absolute atomic E-state index is 12.2. The van der Waals surface area contributed by atoms with Crippen LogP contribution in [0.5, 0.6) is 5.75 Å². The van der Waals surface area contributed by atoms with Crippen LogP contribution in [0.1, 0.15) is 24.1 Å². The summed E-state index contributed by atoms with van der Waals surface area (Å²) in [6.07, 6.45) is 0.509. The lowest BCUT2D eigenvalue weighted by molar-refractivity contribution is -0.115. The lowest BCUT2D eigenvalue weighted by atomic mass is 10.1. The Morgan fingerprint density at radius 1 is 1.31 bits per heavy atom. The van der Waals surface area contributed by atoms with Gasteiger partial charge in [-0.1, -0.05) is 29.1 Å². The molecule has 1 atom stereocenters. The van der Waals surface area contributed by atoms with Crippen molar-refractivity contribution in [3.05, 3.63) is 47.5 Å². The molecule has 0 aliphatic carbocycles. The van der Waals surface area contributed by atoms with E-state index in [1.807, 2.05) is 24.3 Å². The quantitative estimate of drug-likeness (QED) is 0.629. The Labute approximate surface area is 154 Å². The topological polar surface area (TPSA) is 103 Å². The second-order valence-corrected chi connectivity index (χ2v) is 6.86. The van der Waals surface area contributed by atoms with Crippen molar-refractivity contribution in [1.82, 2.24) is 15.4 Å². The number of nitrogens with zero attached hydrogens (tertiary/aromatic N) is 3. The van der Waals surface area contributed by atoms with Gasteiger partial charge in [-0.25, -0.2) is 0 Å². The molecule has 8 nitrogen and oxygen atoms in total. The van der Waals surface area contributed by atoms with Crippen molar-refractivity contribution in [2.75, 3.05) is 12.4 Å². The number of carbonyl (C=O) groups is 1. The van der Waals surface area contributed by atoms with Gasteiger partial charge in [0.1, 0.15) is 5.75 Å². The fourth-order valence-electron chi connectivity index (χ4n) is 2.13. The predicted molar refractivity (Wildman–Crippen MR) is 95.3 cm³/mol. The largest absolute Gasteiger partial charge is 0.497 e. The second-order valence-electron chi connectivity index (χ2n) is 5.57. The van der Waals surface area contributed by atoms with E-state index in [9.17, 15) is 4.79 Å². The van der Waals surface area contributed by atoms with Gasteiger partial charge in [0.15, 0.2) is 0 Å². The zero-order valence-corrected chi connectivity index (χ0v) is 15.4. The Morgan fingerprint density at radius 3 is 2.73 bits per heavy atom. The zero-order chi connectivity index (χ0) is 18.5. The van der Waals surface area contributed by atoms with Crippen LogP contribution in [0.2, 0.25) is 0 Å². The molecule has 3 aromatic rings. The minimum absolute atomic E-state index is 0.235. The molecular formula is C17H18N4O4S. The van der Waals surface area contributed by atoms with E-state index in [0.717, 1.165) is 11.3 Å². The molecule has 0 radical (unpaired) electrons. The van der Waals surface area contributed by atoms with Crippen molar-refractivity contribution in [2.45, 2.75) is 30.7 Å². The van der Waals surface area contributed by atoms with Gasteiger partial charge in [-0.05, 0) is 31.5 Å². The Bertz CT molecular complexity index is 875. The number of carbonyl (C=O) groups excluding carboxylic acids is 1. The van der Waals surface area contributed by atoms with E-state index in [0.29, 0.717) is 29.1 Å². The third-order valence-electron chi connectivity index (χ3n) is 3.48. The number of amides is 1. The number of ether oxygens (including phenoxy) is 1.